The first kappa shape index (κ1) is 14.7. The summed E-state index contributed by atoms with van der Waals surface area (Å²) < 4.78 is 28.8. The topological polar surface area (TPSA) is 81.2 Å². The minimum atomic E-state index is -2.92. The maximum atomic E-state index is 11.7. The summed E-state index contributed by atoms with van der Waals surface area (Å²) >= 11 is 0. The molecule has 1 saturated heterocycles. The highest BCUT2D eigenvalue weighted by Gasteiger charge is 2.32. The molecule has 0 aliphatic carbocycles. The third-order valence-corrected chi connectivity index (χ3v) is 5.75. The number of sulfone groups is 1. The average Bonchev–Trinajstić information content (AvgIpc) is 2.84. The van der Waals surface area contributed by atoms with Crippen LogP contribution in [0.25, 0.3) is 0 Å². The first-order chi connectivity index (χ1) is 10.1. The largest absolute Gasteiger partial charge is 0.376 e. The fourth-order valence-electron chi connectivity index (χ4n) is 2.82. The van der Waals surface area contributed by atoms with E-state index in [2.05, 4.69) is 22.2 Å². The highest BCUT2D eigenvalue weighted by Crippen LogP contribution is 2.30. The summed E-state index contributed by atoms with van der Waals surface area (Å²) in [5.74, 6) is 1.86. The molecule has 1 fully saturated rings. The molecule has 2 aliphatic heterocycles. The molecule has 116 valence electrons. The number of aromatic nitrogens is 2. The van der Waals surface area contributed by atoms with Crippen molar-refractivity contribution >= 4 is 15.7 Å². The number of anilines is 1. The summed E-state index contributed by atoms with van der Waals surface area (Å²) in [5.41, 5.74) is 2.04. The molecule has 7 heteroatoms. The average molecular weight is 311 g/mol. The highest BCUT2D eigenvalue weighted by molar-refractivity contribution is 7.91. The van der Waals surface area contributed by atoms with Crippen molar-refractivity contribution in [3.05, 3.63) is 17.1 Å². The van der Waals surface area contributed by atoms with Crippen molar-refractivity contribution < 1.29 is 13.2 Å². The molecule has 0 saturated carbocycles. The molecule has 1 aromatic rings. The minimum Gasteiger partial charge on any atom is -0.376 e. The number of nitrogens with zero attached hydrogens (tertiary/aromatic N) is 2. The molecule has 6 nitrogen and oxygen atoms in total. The van der Waals surface area contributed by atoms with Crippen LogP contribution in [0.1, 0.15) is 42.8 Å². The van der Waals surface area contributed by atoms with Gasteiger partial charge in [0.1, 0.15) is 11.6 Å². The van der Waals surface area contributed by atoms with Crippen LogP contribution < -0.4 is 5.32 Å². The summed E-state index contributed by atoms with van der Waals surface area (Å²) in [5, 5.41) is 3.33. The Balaban J connectivity index is 1.94. The van der Waals surface area contributed by atoms with Crippen LogP contribution in [-0.4, -0.2) is 43.0 Å². The predicted molar refractivity (Wildman–Crippen MR) is 80.2 cm³/mol. The maximum absolute atomic E-state index is 11.7. The van der Waals surface area contributed by atoms with E-state index in [0.29, 0.717) is 25.5 Å². The lowest BCUT2D eigenvalue weighted by molar-refractivity contribution is 0.109. The van der Waals surface area contributed by atoms with Crippen molar-refractivity contribution in [1.82, 2.24) is 9.97 Å². The van der Waals surface area contributed by atoms with Gasteiger partial charge in [-0.1, -0.05) is 6.92 Å². The minimum absolute atomic E-state index is 0.0645. The number of ether oxygens (including phenoxy) is 1. The Kier molecular flexibility index (Phi) is 4.12. The van der Waals surface area contributed by atoms with Gasteiger partial charge in [0.2, 0.25) is 0 Å². The molecule has 1 atom stereocenters. The Morgan fingerprint density at radius 3 is 2.95 bits per heavy atom. The Labute approximate surface area is 125 Å². The highest BCUT2D eigenvalue weighted by atomic mass is 32.2. The van der Waals surface area contributed by atoms with Crippen molar-refractivity contribution in [2.45, 2.75) is 38.7 Å². The lowest BCUT2D eigenvalue weighted by atomic mass is 10.1. The zero-order valence-electron chi connectivity index (χ0n) is 12.3. The van der Waals surface area contributed by atoms with E-state index >= 15 is 0 Å². The molecule has 0 radical (unpaired) electrons. The second-order valence-electron chi connectivity index (χ2n) is 5.68. The normalized spacial score (nSPS) is 23.8. The van der Waals surface area contributed by atoms with E-state index in [4.69, 9.17) is 4.74 Å². The van der Waals surface area contributed by atoms with E-state index < -0.39 is 9.84 Å². The lowest BCUT2D eigenvalue weighted by Gasteiger charge is -2.21. The lowest BCUT2D eigenvalue weighted by Crippen LogP contribution is -2.20. The van der Waals surface area contributed by atoms with Gasteiger partial charge in [-0.25, -0.2) is 18.4 Å². The van der Waals surface area contributed by atoms with Crippen molar-refractivity contribution in [3.8, 4) is 0 Å². The van der Waals surface area contributed by atoms with Gasteiger partial charge in [0.05, 0.1) is 30.4 Å². The van der Waals surface area contributed by atoms with Crippen LogP contribution >= 0.6 is 0 Å². The number of hydrogen-bond acceptors (Lipinski definition) is 6. The molecule has 3 heterocycles. The number of fused-ring (bicyclic) bond motifs is 1. The van der Waals surface area contributed by atoms with Gasteiger partial charge in [-0.15, -0.1) is 0 Å². The second kappa shape index (κ2) is 5.88. The summed E-state index contributed by atoms with van der Waals surface area (Å²) in [4.78, 5) is 9.24. The predicted octanol–water partition coefficient (Wildman–Crippen LogP) is 1.27. The number of rotatable bonds is 4. The summed E-state index contributed by atoms with van der Waals surface area (Å²) in [6.07, 6.45) is 2.41. The van der Waals surface area contributed by atoms with E-state index in [1.54, 1.807) is 0 Å². The van der Waals surface area contributed by atoms with Gasteiger partial charge in [0.15, 0.2) is 9.84 Å². The van der Waals surface area contributed by atoms with Crippen molar-refractivity contribution in [1.29, 1.82) is 0 Å². The summed E-state index contributed by atoms with van der Waals surface area (Å²) in [6.45, 7) is 4.14. The first-order valence-electron chi connectivity index (χ1n) is 7.51. The van der Waals surface area contributed by atoms with Crippen molar-refractivity contribution in [2.75, 3.05) is 30.0 Å². The maximum Gasteiger partial charge on any atom is 0.151 e. The van der Waals surface area contributed by atoms with Crippen LogP contribution in [0.3, 0.4) is 0 Å². The molecular formula is C14H21N3O3S. The van der Waals surface area contributed by atoms with Gasteiger partial charge >= 0.3 is 0 Å². The standard InChI is InChI=1S/C14H21N3O3S/c1-2-5-15-14-11-8-20-6-3-12(11)16-13(17-14)10-4-7-21(18,19)9-10/h10H,2-9H2,1H3,(H,15,16,17). The van der Waals surface area contributed by atoms with Crippen LogP contribution in [0, 0.1) is 0 Å². The van der Waals surface area contributed by atoms with Crippen LogP contribution in [0.15, 0.2) is 0 Å². The third-order valence-electron chi connectivity index (χ3n) is 3.98. The molecule has 0 amide bonds. The Hall–Kier alpha value is -1.21. The SMILES string of the molecule is CCCNc1nc(C2CCS(=O)(=O)C2)nc2c1COCC2. The summed E-state index contributed by atoms with van der Waals surface area (Å²) in [7, 11) is -2.92. The van der Waals surface area contributed by atoms with Crippen LogP contribution in [0.4, 0.5) is 5.82 Å². The smallest absolute Gasteiger partial charge is 0.151 e. The van der Waals surface area contributed by atoms with Crippen molar-refractivity contribution in [3.63, 3.8) is 0 Å². The number of hydrogen-bond donors (Lipinski definition) is 1. The molecule has 0 spiro atoms. The number of nitrogens with one attached hydrogen (secondary N) is 1. The molecule has 0 aromatic carbocycles. The van der Waals surface area contributed by atoms with Gasteiger partial charge in [-0.05, 0) is 12.8 Å². The fraction of sp³-hybridized carbons (Fsp3) is 0.714. The third kappa shape index (κ3) is 3.18. The zero-order chi connectivity index (χ0) is 14.9. The van der Waals surface area contributed by atoms with Crippen LogP contribution in [0.2, 0.25) is 0 Å². The van der Waals surface area contributed by atoms with Crippen molar-refractivity contribution in [2.24, 2.45) is 0 Å². The molecular weight excluding hydrogens is 290 g/mol. The monoisotopic (exact) mass is 311 g/mol. The van der Waals surface area contributed by atoms with Gasteiger partial charge in [-0.3, -0.25) is 0 Å². The quantitative estimate of drug-likeness (QED) is 0.902. The van der Waals surface area contributed by atoms with Crippen LogP contribution in [0.5, 0.6) is 0 Å². The molecule has 1 unspecified atom stereocenters. The Morgan fingerprint density at radius 2 is 2.24 bits per heavy atom. The molecule has 21 heavy (non-hydrogen) atoms. The zero-order valence-corrected chi connectivity index (χ0v) is 13.1. The van der Waals surface area contributed by atoms with E-state index in [-0.39, 0.29) is 17.4 Å². The van der Waals surface area contributed by atoms with E-state index in [0.717, 1.165) is 36.5 Å². The Morgan fingerprint density at radius 1 is 1.38 bits per heavy atom. The fourth-order valence-corrected chi connectivity index (χ4v) is 4.56. The van der Waals surface area contributed by atoms with E-state index in [1.165, 1.54) is 0 Å². The van der Waals surface area contributed by atoms with Gasteiger partial charge in [0, 0.05) is 24.4 Å². The Bertz CT molecular complexity index is 631. The molecule has 1 aromatic heterocycles. The van der Waals surface area contributed by atoms with Gasteiger partial charge in [0.25, 0.3) is 0 Å². The first-order valence-corrected chi connectivity index (χ1v) is 9.33. The van der Waals surface area contributed by atoms with Gasteiger partial charge < -0.3 is 10.1 Å². The van der Waals surface area contributed by atoms with E-state index in [9.17, 15) is 8.42 Å². The molecule has 2 aliphatic rings. The van der Waals surface area contributed by atoms with E-state index in [1.807, 2.05) is 0 Å². The summed E-state index contributed by atoms with van der Waals surface area (Å²) in [6, 6.07) is 0. The molecule has 0 bridgehead atoms. The van der Waals surface area contributed by atoms with Crippen LogP contribution in [-0.2, 0) is 27.6 Å². The second-order valence-corrected chi connectivity index (χ2v) is 7.91. The molecule has 1 N–H and O–H groups in total. The molecule has 3 rings (SSSR count). The van der Waals surface area contributed by atoms with Gasteiger partial charge in [-0.2, -0.15) is 0 Å².